The maximum atomic E-state index is 3.97. The summed E-state index contributed by atoms with van der Waals surface area (Å²) in [5.41, 5.74) is 2.77. The largest absolute Gasteiger partial charge is 0.0955 e. The number of hydrogen-bond acceptors (Lipinski definition) is 0. The van der Waals surface area contributed by atoms with Gasteiger partial charge in [-0.05, 0) is 30.3 Å². The van der Waals surface area contributed by atoms with Crippen LogP contribution in [0.2, 0.25) is 0 Å². The Morgan fingerprint density at radius 1 is 1.55 bits per heavy atom. The van der Waals surface area contributed by atoms with Crippen LogP contribution in [0.3, 0.4) is 0 Å². The van der Waals surface area contributed by atoms with Gasteiger partial charge in [0.2, 0.25) is 0 Å². The molecule has 1 fully saturated rings. The first-order valence-electron chi connectivity index (χ1n) is 4.33. The molecule has 0 saturated heterocycles. The molecule has 0 bridgehead atoms. The zero-order chi connectivity index (χ0) is 7.84. The van der Waals surface area contributed by atoms with E-state index in [1.807, 2.05) is 0 Å². The number of rotatable bonds is 1. The molecule has 0 N–H and O–H groups in total. The molecule has 2 aliphatic carbocycles. The Kier molecular flexibility index (Phi) is 1.49. The van der Waals surface area contributed by atoms with E-state index < -0.39 is 0 Å². The van der Waals surface area contributed by atoms with Crippen molar-refractivity contribution in [3.8, 4) is 0 Å². The van der Waals surface area contributed by atoms with Crippen LogP contribution in [0.1, 0.15) is 19.8 Å². The van der Waals surface area contributed by atoms with Crippen molar-refractivity contribution in [2.45, 2.75) is 19.8 Å². The van der Waals surface area contributed by atoms with Crippen LogP contribution in [-0.4, -0.2) is 0 Å². The summed E-state index contributed by atoms with van der Waals surface area (Å²) in [6, 6.07) is 0. The first-order chi connectivity index (χ1) is 5.27. The molecular weight excluding hydrogens is 132 g/mol. The van der Waals surface area contributed by atoms with Gasteiger partial charge in [0, 0.05) is 0 Å². The predicted molar refractivity (Wildman–Crippen MR) is 48.3 cm³/mol. The molecule has 58 valence electrons. The minimum absolute atomic E-state index is 0.850. The van der Waals surface area contributed by atoms with Crippen molar-refractivity contribution in [3.63, 3.8) is 0 Å². The van der Waals surface area contributed by atoms with Crippen LogP contribution in [0.25, 0.3) is 0 Å². The van der Waals surface area contributed by atoms with Gasteiger partial charge in [-0.1, -0.05) is 37.3 Å². The number of hydrogen-bond donors (Lipinski definition) is 0. The standard InChI is InChI=1S/C11H14/c1-8-4-3-5-10(6-8)11-7-9(11)2/h3,5-6,9,11H,1,4,7H2,2H3/t9-,11?/m0/s1. The molecule has 0 spiro atoms. The van der Waals surface area contributed by atoms with Crippen LogP contribution < -0.4 is 0 Å². The maximum Gasteiger partial charge on any atom is -0.01000 e. The van der Waals surface area contributed by atoms with E-state index in [2.05, 4.69) is 31.7 Å². The van der Waals surface area contributed by atoms with Crippen LogP contribution in [-0.2, 0) is 0 Å². The minimum Gasteiger partial charge on any atom is -0.0955 e. The summed E-state index contributed by atoms with van der Waals surface area (Å²) < 4.78 is 0. The fourth-order valence-corrected chi connectivity index (χ4v) is 1.71. The second kappa shape index (κ2) is 2.37. The molecule has 0 heteroatoms. The summed E-state index contributed by atoms with van der Waals surface area (Å²) in [5, 5.41) is 0. The lowest BCUT2D eigenvalue weighted by molar-refractivity contribution is 0.868. The van der Waals surface area contributed by atoms with Gasteiger partial charge in [0.25, 0.3) is 0 Å². The van der Waals surface area contributed by atoms with Gasteiger partial charge in [-0.15, -0.1) is 0 Å². The second-order valence-corrected chi connectivity index (χ2v) is 3.73. The Labute approximate surface area is 68.3 Å². The molecule has 0 aromatic heterocycles. The molecule has 0 amide bonds. The Morgan fingerprint density at radius 2 is 2.27 bits per heavy atom. The Balaban J connectivity index is 2.13. The van der Waals surface area contributed by atoms with E-state index in [4.69, 9.17) is 0 Å². The molecule has 0 aromatic rings. The quantitative estimate of drug-likeness (QED) is 0.533. The SMILES string of the molecule is C=C1C=C(C2C[C@@H]2C)C=CC1. The van der Waals surface area contributed by atoms with E-state index in [1.165, 1.54) is 17.6 Å². The third-order valence-electron chi connectivity index (χ3n) is 2.60. The van der Waals surface area contributed by atoms with Gasteiger partial charge in [-0.25, -0.2) is 0 Å². The van der Waals surface area contributed by atoms with Gasteiger partial charge in [-0.3, -0.25) is 0 Å². The summed E-state index contributed by atoms with van der Waals surface area (Å²) in [5.74, 6) is 1.76. The molecule has 0 heterocycles. The summed E-state index contributed by atoms with van der Waals surface area (Å²) in [7, 11) is 0. The molecule has 2 aliphatic rings. The molecule has 0 aliphatic heterocycles. The normalized spacial score (nSPS) is 35.4. The Morgan fingerprint density at radius 3 is 2.82 bits per heavy atom. The highest BCUT2D eigenvalue weighted by Crippen LogP contribution is 2.45. The van der Waals surface area contributed by atoms with Crippen LogP contribution in [0, 0.1) is 11.8 Å². The van der Waals surface area contributed by atoms with E-state index in [-0.39, 0.29) is 0 Å². The van der Waals surface area contributed by atoms with Crippen LogP contribution >= 0.6 is 0 Å². The van der Waals surface area contributed by atoms with Crippen LogP contribution in [0.15, 0.2) is 36.0 Å². The summed E-state index contributed by atoms with van der Waals surface area (Å²) in [6.45, 7) is 6.29. The number of allylic oxidation sites excluding steroid dienone is 5. The van der Waals surface area contributed by atoms with Crippen molar-refractivity contribution in [1.82, 2.24) is 0 Å². The van der Waals surface area contributed by atoms with Crippen molar-refractivity contribution < 1.29 is 0 Å². The maximum absolute atomic E-state index is 3.97. The molecule has 0 aromatic carbocycles. The van der Waals surface area contributed by atoms with Crippen molar-refractivity contribution >= 4 is 0 Å². The van der Waals surface area contributed by atoms with Crippen molar-refractivity contribution in [1.29, 1.82) is 0 Å². The minimum atomic E-state index is 0.850. The first-order valence-corrected chi connectivity index (χ1v) is 4.33. The third-order valence-corrected chi connectivity index (χ3v) is 2.60. The Bertz CT molecular complexity index is 243. The van der Waals surface area contributed by atoms with E-state index in [0.717, 1.165) is 18.3 Å². The van der Waals surface area contributed by atoms with Gasteiger partial charge in [0.1, 0.15) is 0 Å². The predicted octanol–water partition coefficient (Wildman–Crippen LogP) is 3.08. The third kappa shape index (κ3) is 1.30. The van der Waals surface area contributed by atoms with E-state index in [1.54, 1.807) is 0 Å². The monoisotopic (exact) mass is 146 g/mol. The highest BCUT2D eigenvalue weighted by molar-refractivity contribution is 5.38. The van der Waals surface area contributed by atoms with Gasteiger partial charge in [0.05, 0.1) is 0 Å². The first kappa shape index (κ1) is 6.90. The smallest absolute Gasteiger partial charge is 0.01000 e. The second-order valence-electron chi connectivity index (χ2n) is 3.73. The van der Waals surface area contributed by atoms with Crippen molar-refractivity contribution in [3.05, 3.63) is 36.0 Å². The molecule has 1 unspecified atom stereocenters. The molecule has 11 heavy (non-hydrogen) atoms. The molecule has 0 radical (unpaired) electrons. The van der Waals surface area contributed by atoms with Gasteiger partial charge >= 0.3 is 0 Å². The fraction of sp³-hybridized carbons (Fsp3) is 0.455. The van der Waals surface area contributed by atoms with Gasteiger partial charge in [-0.2, -0.15) is 0 Å². The van der Waals surface area contributed by atoms with Crippen LogP contribution in [0.5, 0.6) is 0 Å². The highest BCUT2D eigenvalue weighted by atomic mass is 14.4. The van der Waals surface area contributed by atoms with Gasteiger partial charge in [0.15, 0.2) is 0 Å². The van der Waals surface area contributed by atoms with Crippen LogP contribution in [0.4, 0.5) is 0 Å². The summed E-state index contributed by atoms with van der Waals surface area (Å²) in [6.07, 6.45) is 9.17. The van der Waals surface area contributed by atoms with Gasteiger partial charge < -0.3 is 0 Å². The lowest BCUT2D eigenvalue weighted by atomic mass is 9.99. The highest BCUT2D eigenvalue weighted by Gasteiger charge is 2.34. The molecule has 2 rings (SSSR count). The van der Waals surface area contributed by atoms with E-state index in [9.17, 15) is 0 Å². The van der Waals surface area contributed by atoms with E-state index in [0.29, 0.717) is 0 Å². The average Bonchev–Trinajstić information content (AvgIpc) is 2.67. The average molecular weight is 146 g/mol. The van der Waals surface area contributed by atoms with E-state index >= 15 is 0 Å². The fourth-order valence-electron chi connectivity index (χ4n) is 1.71. The Hall–Kier alpha value is -0.780. The molecule has 1 saturated carbocycles. The van der Waals surface area contributed by atoms with Crippen molar-refractivity contribution in [2.75, 3.05) is 0 Å². The summed E-state index contributed by atoms with van der Waals surface area (Å²) in [4.78, 5) is 0. The summed E-state index contributed by atoms with van der Waals surface area (Å²) >= 11 is 0. The molecule has 0 nitrogen and oxygen atoms in total. The van der Waals surface area contributed by atoms with Crippen molar-refractivity contribution in [2.24, 2.45) is 11.8 Å². The topological polar surface area (TPSA) is 0 Å². The lowest BCUT2D eigenvalue weighted by Crippen LogP contribution is -1.90. The lowest BCUT2D eigenvalue weighted by Gasteiger charge is -2.06. The molecular formula is C11H14. The molecule has 2 atom stereocenters. The zero-order valence-electron chi connectivity index (χ0n) is 7.01. The zero-order valence-corrected chi connectivity index (χ0v) is 7.01.